The summed E-state index contributed by atoms with van der Waals surface area (Å²) >= 11 is 0. The van der Waals surface area contributed by atoms with Gasteiger partial charge in [-0.3, -0.25) is 4.79 Å². The van der Waals surface area contributed by atoms with E-state index in [1.165, 1.54) is 12.1 Å². The molecule has 0 bridgehead atoms. The summed E-state index contributed by atoms with van der Waals surface area (Å²) in [7, 11) is -3.56. The van der Waals surface area contributed by atoms with Gasteiger partial charge in [0.15, 0.2) is 11.5 Å². The number of hydrogen-bond acceptors (Lipinski definition) is 6. The Kier molecular flexibility index (Phi) is 5.76. The van der Waals surface area contributed by atoms with Crippen LogP contribution in [0.25, 0.3) is 0 Å². The number of nitrogens with one attached hydrogen (secondary N) is 3. The molecule has 0 saturated carbocycles. The van der Waals surface area contributed by atoms with Crippen molar-refractivity contribution < 1.29 is 22.7 Å². The van der Waals surface area contributed by atoms with E-state index >= 15 is 0 Å². The normalized spacial score (nSPS) is 14.0. The Morgan fingerprint density at radius 2 is 1.61 bits per heavy atom. The molecule has 0 unspecified atom stereocenters. The van der Waals surface area contributed by atoms with E-state index in [4.69, 9.17) is 9.47 Å². The molecule has 3 rings (SSSR count). The molecule has 2 aromatic carbocycles. The Morgan fingerprint density at radius 3 is 2.29 bits per heavy atom. The van der Waals surface area contributed by atoms with Crippen molar-refractivity contribution in [3.63, 3.8) is 0 Å². The molecular weight excluding hydrogens is 382 g/mol. The second-order valence-electron chi connectivity index (χ2n) is 6.72. The maximum atomic E-state index is 12.4. The number of carbonyl (C=O) groups is 1. The zero-order valence-corrected chi connectivity index (χ0v) is 16.7. The van der Waals surface area contributed by atoms with Gasteiger partial charge < -0.3 is 20.1 Å². The van der Waals surface area contributed by atoms with Gasteiger partial charge in [0, 0.05) is 23.5 Å². The number of rotatable bonds is 7. The molecule has 3 N–H and O–H groups in total. The predicted molar refractivity (Wildman–Crippen MR) is 106 cm³/mol. The van der Waals surface area contributed by atoms with Gasteiger partial charge in [0.25, 0.3) is 0 Å². The average Bonchev–Trinajstić information content (AvgIpc) is 3.08. The van der Waals surface area contributed by atoms with E-state index in [1.807, 2.05) is 0 Å². The maximum absolute atomic E-state index is 12.4. The van der Waals surface area contributed by atoms with Gasteiger partial charge in [-0.1, -0.05) is 0 Å². The van der Waals surface area contributed by atoms with Crippen molar-refractivity contribution in [2.75, 3.05) is 17.4 Å². The van der Waals surface area contributed by atoms with Gasteiger partial charge >= 0.3 is 0 Å². The summed E-state index contributed by atoms with van der Waals surface area (Å²) < 4.78 is 37.4. The molecule has 0 aromatic heterocycles. The van der Waals surface area contributed by atoms with Crippen LogP contribution < -0.4 is 24.8 Å². The van der Waals surface area contributed by atoms with Gasteiger partial charge in [-0.2, -0.15) is 0 Å². The van der Waals surface area contributed by atoms with Crippen molar-refractivity contribution in [2.24, 2.45) is 0 Å². The molecule has 1 aliphatic rings. The highest BCUT2D eigenvalue weighted by molar-refractivity contribution is 7.89. The largest absolute Gasteiger partial charge is 0.454 e. The first-order valence-corrected chi connectivity index (χ1v) is 10.3. The van der Waals surface area contributed by atoms with Crippen LogP contribution in [-0.4, -0.2) is 33.2 Å². The third-order valence-electron chi connectivity index (χ3n) is 3.97. The first-order chi connectivity index (χ1) is 13.2. The van der Waals surface area contributed by atoms with Crippen molar-refractivity contribution in [3.8, 4) is 11.5 Å². The summed E-state index contributed by atoms with van der Waals surface area (Å²) in [6, 6.07) is 10.7. The second kappa shape index (κ2) is 8.07. The van der Waals surface area contributed by atoms with Crippen LogP contribution in [0.1, 0.15) is 20.8 Å². The fourth-order valence-corrected chi connectivity index (χ4v) is 3.90. The number of sulfonamides is 1. The number of anilines is 2. The second-order valence-corrected chi connectivity index (χ2v) is 8.44. The molecule has 0 radical (unpaired) electrons. The van der Waals surface area contributed by atoms with Crippen molar-refractivity contribution in [1.82, 2.24) is 4.72 Å². The minimum Gasteiger partial charge on any atom is -0.454 e. The van der Waals surface area contributed by atoms with E-state index in [0.29, 0.717) is 17.2 Å². The van der Waals surface area contributed by atoms with E-state index in [0.717, 1.165) is 5.69 Å². The van der Waals surface area contributed by atoms with Crippen LogP contribution in [0.2, 0.25) is 0 Å². The molecule has 1 atom stereocenters. The van der Waals surface area contributed by atoms with Crippen molar-refractivity contribution in [1.29, 1.82) is 0 Å². The molecule has 0 fully saturated rings. The maximum Gasteiger partial charge on any atom is 0.246 e. The number of amides is 1. The molecule has 0 spiro atoms. The molecular formula is C19H23N3O5S. The van der Waals surface area contributed by atoms with Gasteiger partial charge in [-0.05, 0) is 57.2 Å². The van der Waals surface area contributed by atoms with Crippen LogP contribution in [0.15, 0.2) is 47.4 Å². The van der Waals surface area contributed by atoms with E-state index in [9.17, 15) is 13.2 Å². The molecule has 8 nitrogen and oxygen atoms in total. The predicted octanol–water partition coefficient (Wildman–Crippen LogP) is 2.54. The van der Waals surface area contributed by atoms with Crippen LogP contribution in [0.5, 0.6) is 11.5 Å². The third kappa shape index (κ3) is 4.73. The minimum atomic E-state index is -3.56. The number of ether oxygens (including phenoxy) is 2. The SMILES string of the molecule is CC(C)NS(=O)(=O)c1ccc(NC(=O)[C@H](C)Nc2ccc3c(c2)OCO3)cc1. The van der Waals surface area contributed by atoms with E-state index in [1.54, 1.807) is 51.1 Å². The van der Waals surface area contributed by atoms with E-state index < -0.39 is 16.1 Å². The topological polar surface area (TPSA) is 106 Å². The Balaban J connectivity index is 1.61. The zero-order chi connectivity index (χ0) is 20.3. The van der Waals surface area contributed by atoms with Crippen molar-refractivity contribution >= 4 is 27.3 Å². The quantitative estimate of drug-likeness (QED) is 0.654. The number of hydrogen-bond donors (Lipinski definition) is 3. The highest BCUT2D eigenvalue weighted by Crippen LogP contribution is 2.34. The Morgan fingerprint density at radius 1 is 0.964 bits per heavy atom. The summed E-state index contributed by atoms with van der Waals surface area (Å²) in [5.74, 6) is 1.04. The molecule has 1 amide bonds. The molecule has 2 aromatic rings. The van der Waals surface area contributed by atoms with E-state index in [2.05, 4.69) is 15.4 Å². The molecule has 28 heavy (non-hydrogen) atoms. The van der Waals surface area contributed by atoms with Gasteiger partial charge in [0.2, 0.25) is 22.7 Å². The lowest BCUT2D eigenvalue weighted by molar-refractivity contribution is -0.116. The first kappa shape index (κ1) is 20.0. The van der Waals surface area contributed by atoms with Crippen LogP contribution in [0, 0.1) is 0 Å². The highest BCUT2D eigenvalue weighted by Gasteiger charge is 2.18. The summed E-state index contributed by atoms with van der Waals surface area (Å²) in [6.07, 6.45) is 0. The van der Waals surface area contributed by atoms with Crippen molar-refractivity contribution in [2.45, 2.75) is 37.8 Å². The smallest absolute Gasteiger partial charge is 0.246 e. The fraction of sp³-hybridized carbons (Fsp3) is 0.316. The Hall–Kier alpha value is -2.78. The summed E-state index contributed by atoms with van der Waals surface area (Å²) in [5, 5.41) is 5.86. The highest BCUT2D eigenvalue weighted by atomic mass is 32.2. The molecule has 1 aliphatic heterocycles. The summed E-state index contributed by atoms with van der Waals surface area (Å²) in [4.78, 5) is 12.6. The van der Waals surface area contributed by atoms with Gasteiger partial charge in [0.05, 0.1) is 4.90 Å². The number of carbonyl (C=O) groups excluding carboxylic acids is 1. The summed E-state index contributed by atoms with van der Waals surface area (Å²) in [5.41, 5.74) is 1.24. The lowest BCUT2D eigenvalue weighted by Crippen LogP contribution is -2.32. The molecule has 150 valence electrons. The standard InChI is InChI=1S/C19H23N3O5S/c1-12(2)22-28(24,25)16-7-4-14(5-8-16)21-19(23)13(3)20-15-6-9-17-18(10-15)27-11-26-17/h4-10,12-13,20,22H,11H2,1-3H3,(H,21,23)/t13-/m0/s1. The monoisotopic (exact) mass is 405 g/mol. The molecule has 1 heterocycles. The number of fused-ring (bicyclic) bond motifs is 1. The lowest BCUT2D eigenvalue weighted by Gasteiger charge is -2.16. The minimum absolute atomic E-state index is 0.144. The molecule has 0 aliphatic carbocycles. The molecule has 0 saturated heterocycles. The van der Waals surface area contributed by atoms with Gasteiger partial charge in [-0.15, -0.1) is 0 Å². The van der Waals surface area contributed by atoms with E-state index in [-0.39, 0.29) is 23.6 Å². The average molecular weight is 405 g/mol. The molecule has 9 heteroatoms. The Bertz CT molecular complexity index is 958. The van der Waals surface area contributed by atoms with Crippen LogP contribution in [-0.2, 0) is 14.8 Å². The Labute approximate surface area is 164 Å². The first-order valence-electron chi connectivity index (χ1n) is 8.84. The fourth-order valence-electron chi connectivity index (χ4n) is 2.65. The van der Waals surface area contributed by atoms with Crippen LogP contribution in [0.3, 0.4) is 0 Å². The summed E-state index contributed by atoms with van der Waals surface area (Å²) in [6.45, 7) is 5.42. The van der Waals surface area contributed by atoms with Gasteiger partial charge in [0.1, 0.15) is 6.04 Å². The third-order valence-corrected chi connectivity index (χ3v) is 5.65. The number of benzene rings is 2. The lowest BCUT2D eigenvalue weighted by atomic mass is 10.2. The van der Waals surface area contributed by atoms with Crippen molar-refractivity contribution in [3.05, 3.63) is 42.5 Å². The van der Waals surface area contributed by atoms with Crippen LogP contribution in [0.4, 0.5) is 11.4 Å². The zero-order valence-electron chi connectivity index (χ0n) is 15.9. The van der Waals surface area contributed by atoms with Crippen LogP contribution >= 0.6 is 0 Å². The van der Waals surface area contributed by atoms with Gasteiger partial charge in [-0.25, -0.2) is 13.1 Å².